The van der Waals surface area contributed by atoms with Crippen LogP contribution in [0.4, 0.5) is 15.8 Å². The van der Waals surface area contributed by atoms with Gasteiger partial charge in [-0.25, -0.2) is 4.39 Å². The fourth-order valence-corrected chi connectivity index (χ4v) is 2.95. The number of halogens is 1. The van der Waals surface area contributed by atoms with E-state index < -0.39 is 5.82 Å². The number of rotatable bonds is 8. The molecule has 0 bridgehead atoms. The summed E-state index contributed by atoms with van der Waals surface area (Å²) in [6.07, 6.45) is 0. The van der Waals surface area contributed by atoms with Crippen LogP contribution in [0.5, 0.6) is 11.5 Å². The molecule has 3 rings (SSSR count). The Morgan fingerprint density at radius 1 is 0.900 bits per heavy atom. The third kappa shape index (κ3) is 5.29. The molecule has 0 heterocycles. The van der Waals surface area contributed by atoms with Crippen LogP contribution in [0, 0.1) is 5.82 Å². The van der Waals surface area contributed by atoms with E-state index in [9.17, 15) is 9.18 Å². The molecule has 30 heavy (non-hydrogen) atoms. The van der Waals surface area contributed by atoms with Gasteiger partial charge < -0.3 is 19.3 Å². The topological polar surface area (TPSA) is 42.0 Å². The number of nitrogens with zero attached hydrogens (tertiary/aromatic N) is 2. The van der Waals surface area contributed by atoms with Crippen LogP contribution in [-0.2, 0) is 11.3 Å². The number of anilines is 2. The van der Waals surface area contributed by atoms with Gasteiger partial charge in [0.1, 0.15) is 5.75 Å². The summed E-state index contributed by atoms with van der Waals surface area (Å²) in [4.78, 5) is 16.6. The van der Waals surface area contributed by atoms with Crippen LogP contribution < -0.4 is 19.3 Å². The summed E-state index contributed by atoms with van der Waals surface area (Å²) in [5.74, 6) is -0.0272. The Labute approximate surface area is 176 Å². The average Bonchev–Trinajstić information content (AvgIpc) is 2.77. The van der Waals surface area contributed by atoms with Crippen molar-refractivity contribution in [2.24, 2.45) is 0 Å². The summed E-state index contributed by atoms with van der Waals surface area (Å²) in [5, 5.41) is 0. The molecule has 0 radical (unpaired) electrons. The van der Waals surface area contributed by atoms with Gasteiger partial charge in [0.05, 0.1) is 13.7 Å². The van der Waals surface area contributed by atoms with E-state index in [0.29, 0.717) is 18.0 Å². The molecule has 0 aromatic heterocycles. The predicted octanol–water partition coefficient (Wildman–Crippen LogP) is 4.51. The third-order valence-corrected chi connectivity index (χ3v) is 4.67. The van der Waals surface area contributed by atoms with Crippen molar-refractivity contribution in [2.75, 3.05) is 37.6 Å². The summed E-state index contributed by atoms with van der Waals surface area (Å²) in [6.45, 7) is 0.0856. The lowest BCUT2D eigenvalue weighted by Crippen LogP contribution is -2.34. The van der Waals surface area contributed by atoms with Crippen LogP contribution in [0.25, 0.3) is 0 Å². The molecule has 0 saturated heterocycles. The monoisotopic (exact) mass is 408 g/mol. The number of carbonyl (C=O) groups excluding carboxylic acids is 1. The molecule has 0 aliphatic carbocycles. The smallest absolute Gasteiger partial charge is 0.265 e. The molecule has 0 atom stereocenters. The quantitative estimate of drug-likeness (QED) is 0.550. The number of ether oxygens (including phenoxy) is 2. The Balaban J connectivity index is 1.80. The van der Waals surface area contributed by atoms with Crippen LogP contribution in [0.1, 0.15) is 5.56 Å². The Morgan fingerprint density at radius 2 is 1.53 bits per heavy atom. The molecule has 0 saturated carbocycles. The average molecular weight is 408 g/mol. The summed E-state index contributed by atoms with van der Waals surface area (Å²) in [7, 11) is 5.54. The SMILES string of the molecule is COc1ccc(N(Cc2ccc(N(C)C)cc2)C(=O)COc2ccccc2F)cc1. The molecule has 0 spiro atoms. The predicted molar refractivity (Wildman–Crippen MR) is 117 cm³/mol. The number of benzene rings is 3. The maximum absolute atomic E-state index is 13.8. The summed E-state index contributed by atoms with van der Waals surface area (Å²) < 4.78 is 24.5. The van der Waals surface area contributed by atoms with E-state index in [1.165, 1.54) is 12.1 Å². The van der Waals surface area contributed by atoms with Gasteiger partial charge in [-0.05, 0) is 54.1 Å². The van der Waals surface area contributed by atoms with Crippen molar-refractivity contribution < 1.29 is 18.7 Å². The van der Waals surface area contributed by atoms with Gasteiger partial charge in [-0.15, -0.1) is 0 Å². The molecule has 0 aliphatic heterocycles. The van der Waals surface area contributed by atoms with Gasteiger partial charge in [-0.3, -0.25) is 4.79 Å². The fraction of sp³-hybridized carbons (Fsp3) is 0.208. The molecule has 5 nitrogen and oxygen atoms in total. The number of carbonyl (C=O) groups is 1. The van der Waals surface area contributed by atoms with Crippen LogP contribution in [0.2, 0.25) is 0 Å². The van der Waals surface area contributed by atoms with Crippen LogP contribution in [-0.4, -0.2) is 33.7 Å². The van der Waals surface area contributed by atoms with Gasteiger partial charge in [-0.2, -0.15) is 0 Å². The second-order valence-electron chi connectivity index (χ2n) is 6.96. The van der Waals surface area contributed by atoms with Gasteiger partial charge in [0.15, 0.2) is 18.2 Å². The van der Waals surface area contributed by atoms with E-state index >= 15 is 0 Å². The van der Waals surface area contributed by atoms with E-state index in [4.69, 9.17) is 9.47 Å². The second-order valence-corrected chi connectivity index (χ2v) is 6.96. The normalized spacial score (nSPS) is 10.4. The summed E-state index contributed by atoms with van der Waals surface area (Å²) in [6, 6.07) is 21.2. The number of amides is 1. The molecule has 0 unspecified atom stereocenters. The third-order valence-electron chi connectivity index (χ3n) is 4.67. The van der Waals surface area contributed by atoms with E-state index in [0.717, 1.165) is 11.3 Å². The molecule has 3 aromatic rings. The van der Waals surface area contributed by atoms with Crippen molar-refractivity contribution in [2.45, 2.75) is 6.54 Å². The van der Waals surface area contributed by atoms with Crippen LogP contribution >= 0.6 is 0 Å². The van der Waals surface area contributed by atoms with Gasteiger partial charge in [0.25, 0.3) is 5.91 Å². The zero-order chi connectivity index (χ0) is 21.5. The van der Waals surface area contributed by atoms with Gasteiger partial charge in [0.2, 0.25) is 0 Å². The first-order valence-electron chi connectivity index (χ1n) is 9.56. The minimum atomic E-state index is -0.499. The number of hydrogen-bond acceptors (Lipinski definition) is 4. The zero-order valence-electron chi connectivity index (χ0n) is 17.3. The molecule has 1 amide bonds. The summed E-state index contributed by atoms with van der Waals surface area (Å²) >= 11 is 0. The van der Waals surface area contributed by atoms with E-state index in [2.05, 4.69) is 0 Å². The molecular formula is C24H25FN2O3. The Kier molecular flexibility index (Phi) is 6.91. The molecule has 156 valence electrons. The zero-order valence-corrected chi connectivity index (χ0v) is 17.3. The molecular weight excluding hydrogens is 383 g/mol. The molecule has 0 aliphatic rings. The Bertz CT molecular complexity index is 973. The largest absolute Gasteiger partial charge is 0.497 e. The van der Waals surface area contributed by atoms with E-state index in [1.54, 1.807) is 36.3 Å². The molecule has 3 aromatic carbocycles. The van der Waals surface area contributed by atoms with E-state index in [1.807, 2.05) is 55.4 Å². The van der Waals surface area contributed by atoms with Crippen molar-refractivity contribution in [1.29, 1.82) is 0 Å². The minimum Gasteiger partial charge on any atom is -0.497 e. The van der Waals surface area contributed by atoms with Gasteiger partial charge in [0, 0.05) is 25.5 Å². The highest BCUT2D eigenvalue weighted by molar-refractivity contribution is 5.94. The first kappa shape index (κ1) is 21.2. The number of hydrogen-bond donors (Lipinski definition) is 0. The minimum absolute atomic E-state index is 0.0517. The highest BCUT2D eigenvalue weighted by atomic mass is 19.1. The number of para-hydroxylation sites is 1. The van der Waals surface area contributed by atoms with Crippen molar-refractivity contribution in [3.63, 3.8) is 0 Å². The lowest BCUT2D eigenvalue weighted by Gasteiger charge is -2.24. The van der Waals surface area contributed by atoms with E-state index in [-0.39, 0.29) is 18.3 Å². The van der Waals surface area contributed by atoms with Crippen LogP contribution in [0.3, 0.4) is 0 Å². The lowest BCUT2D eigenvalue weighted by atomic mass is 10.1. The Hall–Kier alpha value is -3.54. The number of methoxy groups -OCH3 is 1. The first-order valence-corrected chi connectivity index (χ1v) is 9.56. The van der Waals surface area contributed by atoms with Gasteiger partial charge >= 0.3 is 0 Å². The standard InChI is InChI=1S/C24H25FN2O3/c1-26(2)19-10-8-18(9-11-19)16-27(20-12-14-21(29-3)15-13-20)24(28)17-30-23-7-5-4-6-22(23)25/h4-15H,16-17H2,1-3H3. The van der Waals surface area contributed by atoms with Crippen molar-refractivity contribution >= 4 is 17.3 Å². The van der Waals surface area contributed by atoms with Crippen molar-refractivity contribution in [1.82, 2.24) is 0 Å². The van der Waals surface area contributed by atoms with Gasteiger partial charge in [-0.1, -0.05) is 24.3 Å². The fourth-order valence-electron chi connectivity index (χ4n) is 2.95. The maximum Gasteiger partial charge on any atom is 0.265 e. The second kappa shape index (κ2) is 9.78. The Morgan fingerprint density at radius 3 is 2.13 bits per heavy atom. The van der Waals surface area contributed by atoms with Crippen molar-refractivity contribution in [3.8, 4) is 11.5 Å². The maximum atomic E-state index is 13.8. The van der Waals surface area contributed by atoms with Crippen LogP contribution in [0.15, 0.2) is 72.8 Å². The highest BCUT2D eigenvalue weighted by Crippen LogP contribution is 2.23. The molecule has 0 N–H and O–H groups in total. The molecule has 0 fully saturated rings. The summed E-state index contributed by atoms with van der Waals surface area (Å²) in [5.41, 5.74) is 2.74. The first-order chi connectivity index (χ1) is 14.5. The highest BCUT2D eigenvalue weighted by Gasteiger charge is 2.18. The van der Waals surface area contributed by atoms with Crippen molar-refractivity contribution in [3.05, 3.63) is 84.2 Å². The lowest BCUT2D eigenvalue weighted by molar-refractivity contribution is -0.120. The molecule has 6 heteroatoms.